The molecule has 0 saturated heterocycles. The summed E-state index contributed by atoms with van der Waals surface area (Å²) in [5.74, 6) is -2.73. The maximum absolute atomic E-state index is 13.3. The minimum Gasteiger partial charge on any atom is -0.481 e. The Hall–Kier alpha value is -3.97. The molecule has 3 N–H and O–H groups in total. The summed E-state index contributed by atoms with van der Waals surface area (Å²) in [6.45, 7) is 6.07. The van der Waals surface area contributed by atoms with Gasteiger partial charge in [0.1, 0.15) is 6.04 Å². The van der Waals surface area contributed by atoms with Crippen molar-refractivity contribution in [3.8, 4) is 11.1 Å². The number of aryl methyl sites for hydroxylation is 2. The summed E-state index contributed by atoms with van der Waals surface area (Å²) in [7, 11) is 1.57. The molecule has 1 unspecified atom stereocenters. The van der Waals surface area contributed by atoms with Gasteiger partial charge in [0, 0.05) is 13.0 Å². The van der Waals surface area contributed by atoms with E-state index in [0.29, 0.717) is 12.8 Å². The highest BCUT2D eigenvalue weighted by molar-refractivity contribution is 5.90. The monoisotopic (exact) mass is 558 g/mol. The number of rotatable bonds is 15. The van der Waals surface area contributed by atoms with E-state index in [1.54, 1.807) is 7.11 Å². The molecule has 0 bridgehead atoms. The fourth-order valence-corrected chi connectivity index (χ4v) is 5.05. The Labute approximate surface area is 243 Å². The van der Waals surface area contributed by atoms with Crippen LogP contribution in [0.2, 0.25) is 0 Å². The zero-order valence-electron chi connectivity index (χ0n) is 24.4. The zero-order valence-corrected chi connectivity index (χ0v) is 24.4. The number of hydrogen-bond donors (Lipinski definition) is 3. The molecule has 7 nitrogen and oxygen atoms in total. The number of ether oxygens (including phenoxy) is 1. The van der Waals surface area contributed by atoms with E-state index in [1.165, 1.54) is 11.1 Å². The van der Waals surface area contributed by atoms with Crippen molar-refractivity contribution in [1.29, 1.82) is 0 Å². The van der Waals surface area contributed by atoms with Crippen molar-refractivity contribution < 1.29 is 24.2 Å². The number of carbonyl (C=O) groups excluding carboxylic acids is 2. The first-order valence-electron chi connectivity index (χ1n) is 14.2. The number of aliphatic carboxylic acids is 1. The Balaban J connectivity index is 1.64. The van der Waals surface area contributed by atoms with Crippen molar-refractivity contribution >= 4 is 17.8 Å². The van der Waals surface area contributed by atoms with Crippen molar-refractivity contribution in [2.45, 2.75) is 58.5 Å². The number of carboxylic acids is 1. The van der Waals surface area contributed by atoms with E-state index in [2.05, 4.69) is 47.9 Å². The van der Waals surface area contributed by atoms with Gasteiger partial charge in [-0.05, 0) is 59.9 Å². The third-order valence-electron chi connectivity index (χ3n) is 7.28. The van der Waals surface area contributed by atoms with Gasteiger partial charge in [0.15, 0.2) is 0 Å². The van der Waals surface area contributed by atoms with Crippen LogP contribution in [0.1, 0.15) is 55.8 Å². The molecule has 218 valence electrons. The maximum Gasteiger partial charge on any atom is 0.304 e. The minimum atomic E-state index is -1.04. The fourth-order valence-electron chi connectivity index (χ4n) is 5.05. The molecule has 0 spiro atoms. The maximum atomic E-state index is 13.3. The number of hydrogen-bond acceptors (Lipinski definition) is 4. The predicted molar refractivity (Wildman–Crippen MR) is 161 cm³/mol. The van der Waals surface area contributed by atoms with E-state index < -0.39 is 23.8 Å². The first-order valence-corrected chi connectivity index (χ1v) is 14.2. The van der Waals surface area contributed by atoms with Gasteiger partial charge < -0.3 is 20.5 Å². The second-order valence-electron chi connectivity index (χ2n) is 10.9. The van der Waals surface area contributed by atoms with E-state index in [1.807, 2.05) is 62.4 Å². The third-order valence-corrected chi connectivity index (χ3v) is 7.28. The van der Waals surface area contributed by atoms with Gasteiger partial charge in [0.05, 0.1) is 19.1 Å². The Kier molecular flexibility index (Phi) is 12.1. The van der Waals surface area contributed by atoms with Crippen molar-refractivity contribution in [1.82, 2.24) is 10.6 Å². The molecule has 2 amide bonds. The molecule has 3 atom stereocenters. The van der Waals surface area contributed by atoms with Crippen molar-refractivity contribution in [3.63, 3.8) is 0 Å². The van der Waals surface area contributed by atoms with Gasteiger partial charge in [-0.15, -0.1) is 0 Å². The summed E-state index contributed by atoms with van der Waals surface area (Å²) in [6.07, 6.45) is 1.49. The summed E-state index contributed by atoms with van der Waals surface area (Å²) < 4.78 is 5.31. The lowest BCUT2D eigenvalue weighted by molar-refractivity contribution is -0.141. The number of amides is 2. The van der Waals surface area contributed by atoms with Gasteiger partial charge in [-0.1, -0.05) is 92.7 Å². The normalized spacial score (nSPS) is 13.3. The molecule has 3 aromatic rings. The molecule has 0 aromatic heterocycles. The molecule has 7 heteroatoms. The summed E-state index contributed by atoms with van der Waals surface area (Å²) in [5, 5.41) is 15.3. The van der Waals surface area contributed by atoms with Crippen LogP contribution in [0, 0.1) is 18.8 Å². The molecule has 0 radical (unpaired) electrons. The molecule has 0 aliphatic heterocycles. The predicted octanol–water partition coefficient (Wildman–Crippen LogP) is 5.72. The molecule has 0 aliphatic rings. The first kappa shape index (κ1) is 31.6. The lowest BCUT2D eigenvalue weighted by atomic mass is 9.93. The lowest BCUT2D eigenvalue weighted by Gasteiger charge is -2.27. The summed E-state index contributed by atoms with van der Waals surface area (Å²) in [6, 6.07) is 24.9. The van der Waals surface area contributed by atoms with Gasteiger partial charge >= 0.3 is 5.97 Å². The Morgan fingerprint density at radius 1 is 0.878 bits per heavy atom. The highest BCUT2D eigenvalue weighted by atomic mass is 16.5. The fraction of sp³-hybridized carbons (Fsp3) is 0.382. The number of carboxylic acid groups (broad SMARTS) is 1. The number of carbonyl (C=O) groups is 3. The van der Waals surface area contributed by atoms with Crippen LogP contribution in [0.3, 0.4) is 0 Å². The molecular formula is C34H42N2O5. The van der Waals surface area contributed by atoms with Gasteiger partial charge in [-0.3, -0.25) is 14.4 Å². The summed E-state index contributed by atoms with van der Waals surface area (Å²) in [4.78, 5) is 38.2. The van der Waals surface area contributed by atoms with Crippen LogP contribution in [0.5, 0.6) is 0 Å². The number of nitrogens with one attached hydrogen (secondary N) is 2. The van der Waals surface area contributed by atoms with Crippen LogP contribution in [-0.2, 0) is 25.5 Å². The van der Waals surface area contributed by atoms with Crippen molar-refractivity contribution in [2.24, 2.45) is 11.8 Å². The topological polar surface area (TPSA) is 105 Å². The molecule has 41 heavy (non-hydrogen) atoms. The molecule has 0 heterocycles. The lowest BCUT2D eigenvalue weighted by Crippen LogP contribution is -2.52. The molecule has 3 aromatic carbocycles. The second kappa shape index (κ2) is 15.7. The largest absolute Gasteiger partial charge is 0.481 e. The van der Waals surface area contributed by atoms with Crippen molar-refractivity contribution in [3.05, 3.63) is 95.6 Å². The molecule has 0 saturated carbocycles. The van der Waals surface area contributed by atoms with E-state index in [4.69, 9.17) is 4.74 Å². The standard InChI is InChI=1S/C34H42N2O5/c1-23(2)32(34(40)35-30(22-41-4)27-15-9-6-10-16-27)36-33(39)28(21-31(37)38)17-11-12-25-18-19-29(24(3)20-25)26-13-7-5-8-14-26/h5-10,13-16,18-20,23,28,30,32H,11-12,17,21-22H2,1-4H3,(H,35,40)(H,36,39)(H,37,38)/t28-,30?,32+/m1/s1. The average molecular weight is 559 g/mol. The molecule has 0 fully saturated rings. The third kappa shape index (κ3) is 9.57. The van der Waals surface area contributed by atoms with Gasteiger partial charge in [0.2, 0.25) is 11.8 Å². The van der Waals surface area contributed by atoms with Crippen LogP contribution < -0.4 is 10.6 Å². The van der Waals surface area contributed by atoms with E-state index >= 15 is 0 Å². The van der Waals surface area contributed by atoms with Crippen LogP contribution in [0.4, 0.5) is 0 Å². The average Bonchev–Trinajstić information content (AvgIpc) is 2.95. The van der Waals surface area contributed by atoms with Gasteiger partial charge in [0.25, 0.3) is 0 Å². The Bertz CT molecular complexity index is 1280. The van der Waals surface area contributed by atoms with Crippen LogP contribution >= 0.6 is 0 Å². The first-order chi connectivity index (χ1) is 19.7. The molecule has 0 aliphatic carbocycles. The Morgan fingerprint density at radius 3 is 2.12 bits per heavy atom. The van der Waals surface area contributed by atoms with E-state index in [-0.39, 0.29) is 30.9 Å². The second-order valence-corrected chi connectivity index (χ2v) is 10.9. The minimum absolute atomic E-state index is 0.200. The van der Waals surface area contributed by atoms with Crippen LogP contribution in [-0.4, -0.2) is 42.6 Å². The van der Waals surface area contributed by atoms with Crippen LogP contribution in [0.25, 0.3) is 11.1 Å². The molecule has 3 rings (SSSR count). The quantitative estimate of drug-likeness (QED) is 0.221. The smallest absolute Gasteiger partial charge is 0.304 e. The van der Waals surface area contributed by atoms with Gasteiger partial charge in [-0.25, -0.2) is 0 Å². The zero-order chi connectivity index (χ0) is 29.8. The highest BCUT2D eigenvalue weighted by Crippen LogP contribution is 2.25. The van der Waals surface area contributed by atoms with Crippen LogP contribution in [0.15, 0.2) is 78.9 Å². The number of benzene rings is 3. The summed E-state index contributed by atoms with van der Waals surface area (Å²) >= 11 is 0. The SMILES string of the molecule is COCC(NC(=O)[C@@H](NC(=O)[C@H](CCCc1ccc(-c2ccccc2)c(C)c1)CC(=O)O)C(C)C)c1ccccc1. The molecular weight excluding hydrogens is 516 g/mol. The Morgan fingerprint density at radius 2 is 1.54 bits per heavy atom. The van der Waals surface area contributed by atoms with E-state index in [0.717, 1.165) is 23.1 Å². The van der Waals surface area contributed by atoms with Gasteiger partial charge in [-0.2, -0.15) is 0 Å². The van der Waals surface area contributed by atoms with E-state index in [9.17, 15) is 19.5 Å². The highest BCUT2D eigenvalue weighted by Gasteiger charge is 2.30. The number of methoxy groups -OCH3 is 1. The summed E-state index contributed by atoms with van der Waals surface area (Å²) in [5.41, 5.74) is 5.54. The van der Waals surface area contributed by atoms with Crippen molar-refractivity contribution in [2.75, 3.05) is 13.7 Å².